The van der Waals surface area contributed by atoms with Gasteiger partial charge in [-0.25, -0.2) is 0 Å². The molecule has 0 aliphatic rings. The second kappa shape index (κ2) is 6.77. The highest BCUT2D eigenvalue weighted by atomic mass is 15.3. The fourth-order valence-electron chi connectivity index (χ4n) is 2.15. The van der Waals surface area contributed by atoms with E-state index in [4.69, 9.17) is 5.73 Å². The predicted molar refractivity (Wildman–Crippen MR) is 71.9 cm³/mol. The van der Waals surface area contributed by atoms with Crippen molar-refractivity contribution in [1.29, 1.82) is 0 Å². The topological polar surface area (TPSA) is 47.1 Å². The van der Waals surface area contributed by atoms with Gasteiger partial charge in [0.1, 0.15) is 0 Å². The molecule has 0 radical (unpaired) electrons. The van der Waals surface area contributed by atoms with Crippen LogP contribution < -0.4 is 5.73 Å². The maximum atomic E-state index is 5.91. The van der Waals surface area contributed by atoms with Crippen molar-refractivity contribution in [2.45, 2.75) is 39.2 Å². The molecule has 4 heteroatoms. The van der Waals surface area contributed by atoms with Crippen LogP contribution in [-0.2, 0) is 7.05 Å². The van der Waals surface area contributed by atoms with Gasteiger partial charge < -0.3 is 5.73 Å². The Balaban J connectivity index is 2.67. The van der Waals surface area contributed by atoms with Crippen molar-refractivity contribution in [2.24, 2.45) is 12.8 Å². The first-order valence-corrected chi connectivity index (χ1v) is 6.50. The molecule has 1 aromatic rings. The maximum absolute atomic E-state index is 5.91. The number of aromatic nitrogens is 2. The highest BCUT2D eigenvalue weighted by Gasteiger charge is 2.19. The third kappa shape index (κ3) is 3.54. The first-order valence-electron chi connectivity index (χ1n) is 6.50. The van der Waals surface area contributed by atoms with Crippen LogP contribution in [0.1, 0.15) is 43.5 Å². The molecule has 0 fully saturated rings. The number of aryl methyl sites for hydroxylation is 1. The largest absolute Gasteiger partial charge is 0.329 e. The third-order valence-electron chi connectivity index (χ3n) is 3.50. The van der Waals surface area contributed by atoms with E-state index in [2.05, 4.69) is 30.9 Å². The smallest absolute Gasteiger partial charge is 0.0540 e. The standard InChI is InChI=1S/C13H26N4/c1-5-6-7-8-16(3)13(9-14)12-10-15-17(4)11(12)2/h10,13H,5-9,14H2,1-4H3. The zero-order chi connectivity index (χ0) is 12.8. The van der Waals surface area contributed by atoms with Crippen molar-refractivity contribution in [3.63, 3.8) is 0 Å². The van der Waals surface area contributed by atoms with Crippen molar-refractivity contribution in [1.82, 2.24) is 14.7 Å². The van der Waals surface area contributed by atoms with E-state index in [1.165, 1.54) is 30.5 Å². The number of likely N-dealkylation sites (N-methyl/N-ethyl adjacent to an activating group) is 1. The first kappa shape index (κ1) is 14.2. The van der Waals surface area contributed by atoms with Gasteiger partial charge in [0.25, 0.3) is 0 Å². The normalized spacial score (nSPS) is 13.3. The fraction of sp³-hybridized carbons (Fsp3) is 0.769. The molecule has 1 unspecified atom stereocenters. The molecular weight excluding hydrogens is 212 g/mol. The molecule has 0 aromatic carbocycles. The van der Waals surface area contributed by atoms with E-state index < -0.39 is 0 Å². The van der Waals surface area contributed by atoms with Crippen LogP contribution in [0.5, 0.6) is 0 Å². The lowest BCUT2D eigenvalue weighted by Gasteiger charge is -2.26. The Labute approximate surface area is 105 Å². The summed E-state index contributed by atoms with van der Waals surface area (Å²) in [6.07, 6.45) is 5.73. The van der Waals surface area contributed by atoms with E-state index in [1.54, 1.807) is 0 Å². The van der Waals surface area contributed by atoms with Crippen molar-refractivity contribution in [2.75, 3.05) is 20.1 Å². The summed E-state index contributed by atoms with van der Waals surface area (Å²) in [6, 6.07) is 0.292. The van der Waals surface area contributed by atoms with Gasteiger partial charge >= 0.3 is 0 Å². The van der Waals surface area contributed by atoms with Crippen LogP contribution >= 0.6 is 0 Å². The molecule has 98 valence electrons. The minimum atomic E-state index is 0.292. The van der Waals surface area contributed by atoms with Gasteiger partial charge in [-0.15, -0.1) is 0 Å². The van der Waals surface area contributed by atoms with Gasteiger partial charge in [0.15, 0.2) is 0 Å². The fourth-order valence-corrected chi connectivity index (χ4v) is 2.15. The van der Waals surface area contributed by atoms with E-state index in [0.717, 1.165) is 6.54 Å². The van der Waals surface area contributed by atoms with Crippen LogP contribution in [0, 0.1) is 6.92 Å². The molecule has 0 saturated carbocycles. The molecule has 1 atom stereocenters. The van der Waals surface area contributed by atoms with Crippen LogP contribution in [-0.4, -0.2) is 34.8 Å². The van der Waals surface area contributed by atoms with Crippen molar-refractivity contribution in [3.8, 4) is 0 Å². The monoisotopic (exact) mass is 238 g/mol. The first-order chi connectivity index (χ1) is 8.11. The molecule has 0 saturated heterocycles. The van der Waals surface area contributed by atoms with E-state index >= 15 is 0 Å². The Morgan fingerprint density at radius 3 is 2.65 bits per heavy atom. The van der Waals surface area contributed by atoms with Crippen molar-refractivity contribution in [3.05, 3.63) is 17.5 Å². The van der Waals surface area contributed by atoms with Crippen LogP contribution in [0.15, 0.2) is 6.20 Å². The number of nitrogens with two attached hydrogens (primary N) is 1. The van der Waals surface area contributed by atoms with Gasteiger partial charge in [-0.1, -0.05) is 19.8 Å². The lowest BCUT2D eigenvalue weighted by molar-refractivity contribution is 0.244. The molecule has 1 rings (SSSR count). The summed E-state index contributed by atoms with van der Waals surface area (Å²) in [6.45, 7) is 6.08. The van der Waals surface area contributed by atoms with Gasteiger partial charge in [0, 0.05) is 24.8 Å². The van der Waals surface area contributed by atoms with E-state index in [9.17, 15) is 0 Å². The molecule has 4 nitrogen and oxygen atoms in total. The molecule has 2 N–H and O–H groups in total. The third-order valence-corrected chi connectivity index (χ3v) is 3.50. The maximum Gasteiger partial charge on any atom is 0.0540 e. The Morgan fingerprint density at radius 1 is 1.47 bits per heavy atom. The van der Waals surface area contributed by atoms with E-state index in [1.807, 2.05) is 17.9 Å². The molecule has 0 amide bonds. The highest BCUT2D eigenvalue weighted by Crippen LogP contribution is 2.21. The number of hydrogen-bond donors (Lipinski definition) is 1. The number of rotatable bonds is 7. The van der Waals surface area contributed by atoms with Gasteiger partial charge in [-0.3, -0.25) is 9.58 Å². The summed E-state index contributed by atoms with van der Waals surface area (Å²) in [4.78, 5) is 2.35. The Hall–Kier alpha value is -0.870. The molecule has 0 aliphatic carbocycles. The average molecular weight is 238 g/mol. The van der Waals surface area contributed by atoms with Gasteiger partial charge in [0.05, 0.1) is 12.2 Å². The summed E-state index contributed by atoms with van der Waals surface area (Å²) < 4.78 is 1.91. The summed E-state index contributed by atoms with van der Waals surface area (Å²) in [5.41, 5.74) is 8.38. The van der Waals surface area contributed by atoms with Crippen LogP contribution in [0.3, 0.4) is 0 Å². The lowest BCUT2D eigenvalue weighted by Crippen LogP contribution is -2.31. The zero-order valence-corrected chi connectivity index (χ0v) is 11.6. The minimum absolute atomic E-state index is 0.292. The molecule has 1 heterocycles. The summed E-state index contributed by atoms with van der Waals surface area (Å²) in [7, 11) is 4.13. The molecular formula is C13H26N4. The summed E-state index contributed by atoms with van der Waals surface area (Å²) >= 11 is 0. The van der Waals surface area contributed by atoms with Crippen molar-refractivity contribution >= 4 is 0 Å². The average Bonchev–Trinajstić information content (AvgIpc) is 2.63. The Kier molecular flexibility index (Phi) is 5.65. The lowest BCUT2D eigenvalue weighted by atomic mass is 10.1. The van der Waals surface area contributed by atoms with E-state index in [0.29, 0.717) is 12.6 Å². The second-order valence-electron chi connectivity index (χ2n) is 4.75. The summed E-state index contributed by atoms with van der Waals surface area (Å²) in [5.74, 6) is 0. The zero-order valence-electron chi connectivity index (χ0n) is 11.6. The van der Waals surface area contributed by atoms with E-state index in [-0.39, 0.29) is 0 Å². The highest BCUT2D eigenvalue weighted by molar-refractivity contribution is 5.20. The van der Waals surface area contributed by atoms with Gasteiger partial charge in [-0.2, -0.15) is 5.10 Å². The van der Waals surface area contributed by atoms with Crippen LogP contribution in [0.2, 0.25) is 0 Å². The molecule has 17 heavy (non-hydrogen) atoms. The van der Waals surface area contributed by atoms with Crippen molar-refractivity contribution < 1.29 is 0 Å². The Bertz CT molecular complexity index is 332. The van der Waals surface area contributed by atoms with Crippen LogP contribution in [0.4, 0.5) is 0 Å². The molecule has 1 aromatic heterocycles. The predicted octanol–water partition coefficient (Wildman–Crippen LogP) is 1.85. The number of unbranched alkanes of at least 4 members (excludes halogenated alkanes) is 2. The molecule has 0 aliphatic heterocycles. The molecule has 0 bridgehead atoms. The second-order valence-corrected chi connectivity index (χ2v) is 4.75. The number of hydrogen-bond acceptors (Lipinski definition) is 3. The SMILES string of the molecule is CCCCCN(C)C(CN)c1cnn(C)c1C. The Morgan fingerprint density at radius 2 is 2.18 bits per heavy atom. The van der Waals surface area contributed by atoms with Gasteiger partial charge in [-0.05, 0) is 26.9 Å². The van der Waals surface area contributed by atoms with Gasteiger partial charge in [0.2, 0.25) is 0 Å². The quantitative estimate of drug-likeness (QED) is 0.737. The minimum Gasteiger partial charge on any atom is -0.329 e. The van der Waals surface area contributed by atoms with Crippen LogP contribution in [0.25, 0.3) is 0 Å². The molecule has 0 spiro atoms. The summed E-state index contributed by atoms with van der Waals surface area (Å²) in [5, 5.41) is 4.30. The number of nitrogens with zero attached hydrogens (tertiary/aromatic N) is 3.